The molecule has 0 saturated heterocycles. The number of nitrogens with one attached hydrogen (secondary N) is 2. The Morgan fingerprint density at radius 3 is 2.53 bits per heavy atom. The van der Waals surface area contributed by atoms with E-state index in [-0.39, 0.29) is 0 Å². The summed E-state index contributed by atoms with van der Waals surface area (Å²) in [5, 5.41) is 3.15. The van der Waals surface area contributed by atoms with Gasteiger partial charge in [-0.15, -0.1) is 0 Å². The van der Waals surface area contributed by atoms with Gasteiger partial charge in [-0.05, 0) is 38.1 Å². The van der Waals surface area contributed by atoms with Crippen LogP contribution in [0.5, 0.6) is 0 Å². The molecule has 0 bridgehead atoms. The Bertz CT molecular complexity index is 444. The van der Waals surface area contributed by atoms with Crippen LogP contribution in [-0.4, -0.2) is 28.1 Å². The van der Waals surface area contributed by atoms with Crippen LogP contribution >= 0.6 is 0 Å². The highest BCUT2D eigenvalue weighted by Crippen LogP contribution is 2.13. The molecule has 1 aromatic rings. The zero-order valence-corrected chi connectivity index (χ0v) is 11.2. The lowest BCUT2D eigenvalue weighted by Crippen LogP contribution is -2.28. The van der Waals surface area contributed by atoms with Crippen molar-refractivity contribution < 1.29 is 8.42 Å². The van der Waals surface area contributed by atoms with E-state index in [2.05, 4.69) is 10.0 Å². The lowest BCUT2D eigenvalue weighted by molar-refractivity contribution is 0.574. The van der Waals surface area contributed by atoms with E-state index in [0.29, 0.717) is 11.4 Å². The normalized spacial score (nSPS) is 11.6. The third-order valence-corrected chi connectivity index (χ3v) is 4.08. The van der Waals surface area contributed by atoms with Gasteiger partial charge in [-0.2, -0.15) is 0 Å². The van der Waals surface area contributed by atoms with Crippen molar-refractivity contribution in [2.45, 2.75) is 25.2 Å². The summed E-state index contributed by atoms with van der Waals surface area (Å²) in [4.78, 5) is 0.364. The van der Waals surface area contributed by atoms with E-state index in [0.717, 1.165) is 25.1 Å². The largest absolute Gasteiger partial charge is 0.317 e. The fourth-order valence-electron chi connectivity index (χ4n) is 1.53. The zero-order chi connectivity index (χ0) is 12.7. The molecule has 17 heavy (non-hydrogen) atoms. The molecule has 4 nitrogen and oxygen atoms in total. The minimum Gasteiger partial charge on any atom is -0.317 e. The Labute approximate surface area is 103 Å². The molecule has 0 aliphatic carbocycles. The molecule has 0 radical (unpaired) electrons. The lowest BCUT2D eigenvalue weighted by Gasteiger charge is -2.09. The Kier molecular flexibility index (Phi) is 5.61. The molecule has 5 heteroatoms. The molecule has 0 aliphatic heterocycles. The molecule has 0 saturated carbocycles. The first kappa shape index (κ1) is 14.2. The summed E-state index contributed by atoms with van der Waals surface area (Å²) in [5.41, 5.74) is 0.770. The topological polar surface area (TPSA) is 58.2 Å². The first-order valence-electron chi connectivity index (χ1n) is 5.84. The summed E-state index contributed by atoms with van der Waals surface area (Å²) in [6, 6.07) is 6.99. The third kappa shape index (κ3) is 4.46. The number of sulfonamides is 1. The van der Waals surface area contributed by atoms with Gasteiger partial charge in [0.2, 0.25) is 10.0 Å². The standard InChI is InChI=1S/C12H20N2O2S/c1-3-13-9-6-10-14-17(15,16)12-8-5-4-7-11(12)2/h4-5,7-8,13-14H,3,6,9-10H2,1-2H3. The van der Waals surface area contributed by atoms with Gasteiger partial charge in [0.15, 0.2) is 0 Å². The van der Waals surface area contributed by atoms with Crippen molar-refractivity contribution in [3.05, 3.63) is 29.8 Å². The number of rotatable bonds is 7. The Balaban J connectivity index is 2.55. The van der Waals surface area contributed by atoms with Crippen LogP contribution in [-0.2, 0) is 10.0 Å². The summed E-state index contributed by atoms with van der Waals surface area (Å²) in [7, 11) is -3.36. The van der Waals surface area contributed by atoms with E-state index in [4.69, 9.17) is 0 Å². The number of benzene rings is 1. The van der Waals surface area contributed by atoms with Gasteiger partial charge in [0.25, 0.3) is 0 Å². The van der Waals surface area contributed by atoms with Crippen LogP contribution in [0.2, 0.25) is 0 Å². The van der Waals surface area contributed by atoms with Crippen LogP contribution in [0.3, 0.4) is 0 Å². The second-order valence-electron chi connectivity index (χ2n) is 3.87. The zero-order valence-electron chi connectivity index (χ0n) is 10.4. The Hall–Kier alpha value is -0.910. The van der Waals surface area contributed by atoms with Crippen LogP contribution in [0.15, 0.2) is 29.2 Å². The lowest BCUT2D eigenvalue weighted by atomic mass is 10.2. The Morgan fingerprint density at radius 1 is 1.18 bits per heavy atom. The highest BCUT2D eigenvalue weighted by atomic mass is 32.2. The molecule has 0 aromatic heterocycles. The van der Waals surface area contributed by atoms with E-state index in [1.54, 1.807) is 25.1 Å². The van der Waals surface area contributed by atoms with E-state index in [1.807, 2.05) is 13.0 Å². The fraction of sp³-hybridized carbons (Fsp3) is 0.500. The van der Waals surface area contributed by atoms with Crippen molar-refractivity contribution in [1.82, 2.24) is 10.0 Å². The molecular weight excluding hydrogens is 236 g/mol. The van der Waals surface area contributed by atoms with Crippen LogP contribution in [0.25, 0.3) is 0 Å². The number of aryl methyl sites for hydroxylation is 1. The fourth-order valence-corrected chi connectivity index (χ4v) is 2.85. The summed E-state index contributed by atoms with van der Waals surface area (Å²) < 4.78 is 26.5. The van der Waals surface area contributed by atoms with Crippen LogP contribution in [0.4, 0.5) is 0 Å². The minimum atomic E-state index is -3.36. The van der Waals surface area contributed by atoms with Crippen molar-refractivity contribution in [2.24, 2.45) is 0 Å². The van der Waals surface area contributed by atoms with Gasteiger partial charge in [0.1, 0.15) is 0 Å². The smallest absolute Gasteiger partial charge is 0.240 e. The van der Waals surface area contributed by atoms with Crippen molar-refractivity contribution >= 4 is 10.0 Å². The van der Waals surface area contributed by atoms with Crippen molar-refractivity contribution in [3.8, 4) is 0 Å². The highest BCUT2D eigenvalue weighted by Gasteiger charge is 2.14. The molecule has 1 rings (SSSR count). The molecule has 2 N–H and O–H groups in total. The first-order chi connectivity index (χ1) is 8.08. The first-order valence-corrected chi connectivity index (χ1v) is 7.32. The van der Waals surface area contributed by atoms with Gasteiger partial charge >= 0.3 is 0 Å². The predicted molar refractivity (Wildman–Crippen MR) is 69.5 cm³/mol. The highest BCUT2D eigenvalue weighted by molar-refractivity contribution is 7.89. The van der Waals surface area contributed by atoms with Gasteiger partial charge in [-0.1, -0.05) is 25.1 Å². The minimum absolute atomic E-state index is 0.364. The van der Waals surface area contributed by atoms with E-state index in [9.17, 15) is 8.42 Å². The molecule has 0 spiro atoms. The molecule has 0 amide bonds. The van der Waals surface area contributed by atoms with Crippen molar-refractivity contribution in [1.29, 1.82) is 0 Å². The maximum atomic E-state index is 12.0. The van der Waals surface area contributed by atoms with Crippen LogP contribution in [0, 0.1) is 6.92 Å². The van der Waals surface area contributed by atoms with Gasteiger partial charge in [0, 0.05) is 6.54 Å². The molecule has 0 aliphatic rings. The number of hydrogen-bond donors (Lipinski definition) is 2. The van der Waals surface area contributed by atoms with E-state index in [1.165, 1.54) is 0 Å². The van der Waals surface area contributed by atoms with Crippen LogP contribution in [0.1, 0.15) is 18.9 Å². The van der Waals surface area contributed by atoms with E-state index < -0.39 is 10.0 Å². The van der Waals surface area contributed by atoms with Gasteiger partial charge in [-0.25, -0.2) is 13.1 Å². The monoisotopic (exact) mass is 256 g/mol. The van der Waals surface area contributed by atoms with Gasteiger partial charge in [-0.3, -0.25) is 0 Å². The maximum absolute atomic E-state index is 12.0. The third-order valence-electron chi connectivity index (χ3n) is 2.46. The molecule has 0 heterocycles. The summed E-state index contributed by atoms with van der Waals surface area (Å²) in [6.45, 7) is 6.02. The SMILES string of the molecule is CCNCCCNS(=O)(=O)c1ccccc1C. The number of hydrogen-bond acceptors (Lipinski definition) is 3. The van der Waals surface area contributed by atoms with Gasteiger partial charge < -0.3 is 5.32 Å². The van der Waals surface area contributed by atoms with Crippen LogP contribution < -0.4 is 10.0 Å². The average molecular weight is 256 g/mol. The molecule has 96 valence electrons. The van der Waals surface area contributed by atoms with Gasteiger partial charge in [0.05, 0.1) is 4.90 Å². The predicted octanol–water partition coefficient (Wildman–Crippen LogP) is 1.27. The summed E-state index contributed by atoms with van der Waals surface area (Å²) >= 11 is 0. The maximum Gasteiger partial charge on any atom is 0.240 e. The molecular formula is C12H20N2O2S. The molecule has 0 unspecified atom stereocenters. The summed E-state index contributed by atoms with van der Waals surface area (Å²) in [5.74, 6) is 0. The quantitative estimate of drug-likeness (QED) is 0.722. The molecule has 0 fully saturated rings. The van der Waals surface area contributed by atoms with Crippen molar-refractivity contribution in [3.63, 3.8) is 0 Å². The van der Waals surface area contributed by atoms with E-state index >= 15 is 0 Å². The summed E-state index contributed by atoms with van der Waals surface area (Å²) in [6.07, 6.45) is 0.791. The second-order valence-corrected chi connectivity index (χ2v) is 5.61. The van der Waals surface area contributed by atoms with Crippen molar-refractivity contribution in [2.75, 3.05) is 19.6 Å². The molecule has 0 atom stereocenters. The average Bonchev–Trinajstić information content (AvgIpc) is 2.29. The molecule has 1 aromatic carbocycles. The Morgan fingerprint density at radius 2 is 1.88 bits per heavy atom. The second kappa shape index (κ2) is 6.74.